The van der Waals surface area contributed by atoms with Gasteiger partial charge in [-0.3, -0.25) is 9.69 Å². The SMILES string of the molecule is O=C(c1nn2c(C(F)(F)F)cc(-c3ccccc3)nc2c1Br)N1CCN(C(c2ccccc2)c2ccccc2)CC1. The first kappa shape index (κ1) is 27.2. The Hall–Kier alpha value is -4.02. The van der Waals surface area contributed by atoms with Crippen LogP contribution in [-0.4, -0.2) is 56.5 Å². The van der Waals surface area contributed by atoms with E-state index in [1.807, 2.05) is 36.4 Å². The summed E-state index contributed by atoms with van der Waals surface area (Å²) in [5.74, 6) is -0.438. The van der Waals surface area contributed by atoms with Crippen LogP contribution < -0.4 is 0 Å². The van der Waals surface area contributed by atoms with Gasteiger partial charge < -0.3 is 4.90 Å². The number of hydrogen-bond donors (Lipinski definition) is 0. The number of halogens is 4. The molecule has 10 heteroatoms. The van der Waals surface area contributed by atoms with Crippen LogP contribution in [-0.2, 0) is 6.18 Å². The third-order valence-corrected chi connectivity index (χ3v) is 8.02. The zero-order valence-electron chi connectivity index (χ0n) is 21.8. The van der Waals surface area contributed by atoms with Gasteiger partial charge in [-0.1, -0.05) is 91.0 Å². The van der Waals surface area contributed by atoms with Gasteiger partial charge in [-0.15, -0.1) is 0 Å². The largest absolute Gasteiger partial charge is 0.433 e. The third kappa shape index (κ3) is 5.37. The summed E-state index contributed by atoms with van der Waals surface area (Å²) in [5, 5.41) is 4.12. The molecule has 3 aromatic carbocycles. The number of hydrogen-bond acceptors (Lipinski definition) is 4. The average Bonchev–Trinajstić information content (AvgIpc) is 3.34. The number of nitrogens with zero attached hydrogens (tertiary/aromatic N) is 5. The van der Waals surface area contributed by atoms with Crippen LogP contribution >= 0.6 is 15.9 Å². The van der Waals surface area contributed by atoms with E-state index in [-0.39, 0.29) is 27.5 Å². The molecule has 1 fully saturated rings. The molecule has 0 N–H and O–H groups in total. The molecule has 1 aliphatic rings. The van der Waals surface area contributed by atoms with Gasteiger partial charge in [0, 0.05) is 31.7 Å². The molecular formula is C31H25BrF3N5O. The van der Waals surface area contributed by atoms with Crippen LogP contribution in [0, 0.1) is 0 Å². The van der Waals surface area contributed by atoms with Gasteiger partial charge in [0.2, 0.25) is 0 Å². The van der Waals surface area contributed by atoms with E-state index in [1.54, 1.807) is 35.2 Å². The van der Waals surface area contributed by atoms with Crippen molar-refractivity contribution in [2.24, 2.45) is 0 Å². The van der Waals surface area contributed by atoms with E-state index in [2.05, 4.69) is 55.2 Å². The van der Waals surface area contributed by atoms with E-state index in [0.717, 1.165) is 17.2 Å². The molecule has 2 aromatic heterocycles. The second kappa shape index (κ2) is 11.1. The minimum Gasteiger partial charge on any atom is -0.335 e. The lowest BCUT2D eigenvalue weighted by atomic mass is 9.96. The van der Waals surface area contributed by atoms with Crippen LogP contribution in [0.3, 0.4) is 0 Å². The standard InChI is InChI=1S/C31H25BrF3N5O/c32-26-27(37-40-25(31(33,34)35)20-24(36-29(26)40)21-10-4-1-5-11-21)30(41)39-18-16-38(17-19-39)28(22-12-6-2-7-13-22)23-14-8-3-9-15-23/h1-15,20,28H,16-19H2. The lowest BCUT2D eigenvalue weighted by Crippen LogP contribution is -2.50. The molecule has 0 unspecified atom stereocenters. The Morgan fingerprint density at radius 3 is 1.88 bits per heavy atom. The molecule has 5 aromatic rings. The number of fused-ring (bicyclic) bond motifs is 1. The van der Waals surface area contributed by atoms with Gasteiger partial charge in [-0.05, 0) is 33.1 Å². The van der Waals surface area contributed by atoms with E-state index in [0.29, 0.717) is 36.3 Å². The normalized spacial score (nSPS) is 14.6. The quantitative estimate of drug-likeness (QED) is 0.219. The smallest absolute Gasteiger partial charge is 0.335 e. The highest BCUT2D eigenvalue weighted by Crippen LogP contribution is 2.35. The summed E-state index contributed by atoms with van der Waals surface area (Å²) in [6.45, 7) is 2.00. The zero-order chi connectivity index (χ0) is 28.6. The number of amides is 1. The maximum Gasteiger partial charge on any atom is 0.433 e. The minimum atomic E-state index is -4.70. The fourth-order valence-corrected chi connectivity index (χ4v) is 5.81. The number of benzene rings is 3. The first-order chi connectivity index (χ1) is 19.8. The molecule has 6 rings (SSSR count). The van der Waals surface area contributed by atoms with Gasteiger partial charge >= 0.3 is 6.18 Å². The Morgan fingerprint density at radius 1 is 0.805 bits per heavy atom. The Morgan fingerprint density at radius 2 is 1.34 bits per heavy atom. The maximum atomic E-state index is 14.1. The number of alkyl halides is 3. The fourth-order valence-electron chi connectivity index (χ4n) is 5.30. The summed E-state index contributed by atoms with van der Waals surface area (Å²) in [7, 11) is 0. The van der Waals surface area contributed by atoms with Gasteiger partial charge in [0.1, 0.15) is 0 Å². The number of piperazine rings is 1. The Bertz CT molecular complexity index is 1630. The topological polar surface area (TPSA) is 53.7 Å². The maximum absolute atomic E-state index is 14.1. The molecule has 208 valence electrons. The van der Waals surface area contributed by atoms with E-state index in [4.69, 9.17) is 0 Å². The second-order valence-corrected chi connectivity index (χ2v) is 10.6. The van der Waals surface area contributed by atoms with Crippen molar-refractivity contribution in [1.29, 1.82) is 0 Å². The summed E-state index contributed by atoms with van der Waals surface area (Å²) >= 11 is 3.35. The molecule has 0 bridgehead atoms. The fraction of sp³-hybridized carbons (Fsp3) is 0.194. The lowest BCUT2D eigenvalue weighted by Gasteiger charge is -2.39. The minimum absolute atomic E-state index is 0.0199. The van der Waals surface area contributed by atoms with Crippen LogP contribution in [0.2, 0.25) is 0 Å². The van der Waals surface area contributed by atoms with Crippen molar-refractivity contribution in [3.05, 3.63) is 124 Å². The van der Waals surface area contributed by atoms with Crippen LogP contribution in [0.25, 0.3) is 16.9 Å². The Labute approximate surface area is 243 Å². The van der Waals surface area contributed by atoms with Gasteiger partial charge in [0.25, 0.3) is 5.91 Å². The van der Waals surface area contributed by atoms with Crippen LogP contribution in [0.15, 0.2) is 102 Å². The summed E-state index contributed by atoms with van der Waals surface area (Å²) in [5.41, 5.74) is 1.83. The summed E-state index contributed by atoms with van der Waals surface area (Å²) in [6.07, 6.45) is -4.70. The highest BCUT2D eigenvalue weighted by Gasteiger charge is 2.37. The van der Waals surface area contributed by atoms with Crippen LogP contribution in [0.1, 0.15) is 33.4 Å². The first-order valence-electron chi connectivity index (χ1n) is 13.2. The molecule has 0 radical (unpaired) electrons. The van der Waals surface area contributed by atoms with Crippen molar-refractivity contribution < 1.29 is 18.0 Å². The molecule has 1 saturated heterocycles. The molecule has 0 atom stereocenters. The number of carbonyl (C=O) groups is 1. The molecule has 3 heterocycles. The summed E-state index contributed by atoms with van der Waals surface area (Å²) < 4.78 is 43.2. The number of carbonyl (C=O) groups excluding carboxylic acids is 1. The van der Waals surface area contributed by atoms with Gasteiger partial charge in [-0.2, -0.15) is 18.3 Å². The second-order valence-electron chi connectivity index (χ2n) is 9.84. The molecule has 0 saturated carbocycles. The number of aromatic nitrogens is 3. The Balaban J connectivity index is 1.29. The van der Waals surface area contributed by atoms with Gasteiger partial charge in [-0.25, -0.2) is 9.50 Å². The van der Waals surface area contributed by atoms with Gasteiger partial charge in [0.05, 0.1) is 16.2 Å². The molecule has 1 aliphatic heterocycles. The van der Waals surface area contributed by atoms with Crippen molar-refractivity contribution in [2.75, 3.05) is 26.2 Å². The molecular weight excluding hydrogens is 595 g/mol. The van der Waals surface area contributed by atoms with Crippen LogP contribution in [0.4, 0.5) is 13.2 Å². The lowest BCUT2D eigenvalue weighted by molar-refractivity contribution is -0.142. The average molecular weight is 620 g/mol. The number of rotatable bonds is 5. The van der Waals surface area contributed by atoms with Gasteiger partial charge in [0.15, 0.2) is 17.0 Å². The van der Waals surface area contributed by atoms with E-state index in [1.165, 1.54) is 0 Å². The molecule has 0 aliphatic carbocycles. The molecule has 1 amide bonds. The van der Waals surface area contributed by atoms with Crippen molar-refractivity contribution in [3.8, 4) is 11.3 Å². The summed E-state index contributed by atoms with van der Waals surface area (Å²) in [4.78, 5) is 22.0. The molecule has 6 nitrogen and oxygen atoms in total. The highest BCUT2D eigenvalue weighted by molar-refractivity contribution is 9.10. The van der Waals surface area contributed by atoms with Crippen LogP contribution in [0.5, 0.6) is 0 Å². The third-order valence-electron chi connectivity index (χ3n) is 7.29. The predicted octanol–water partition coefficient (Wildman–Crippen LogP) is 6.73. The highest BCUT2D eigenvalue weighted by atomic mass is 79.9. The molecule has 0 spiro atoms. The summed E-state index contributed by atoms with van der Waals surface area (Å²) in [6, 6.07) is 30.0. The van der Waals surface area contributed by atoms with E-state index < -0.39 is 17.8 Å². The van der Waals surface area contributed by atoms with Crippen molar-refractivity contribution in [3.63, 3.8) is 0 Å². The van der Waals surface area contributed by atoms with Crippen molar-refractivity contribution in [2.45, 2.75) is 12.2 Å². The monoisotopic (exact) mass is 619 g/mol. The zero-order valence-corrected chi connectivity index (χ0v) is 23.4. The predicted molar refractivity (Wildman–Crippen MR) is 153 cm³/mol. The molecule has 41 heavy (non-hydrogen) atoms. The Kier molecular flexibility index (Phi) is 7.35. The first-order valence-corrected chi connectivity index (χ1v) is 14.0. The van der Waals surface area contributed by atoms with Crippen molar-refractivity contribution >= 4 is 27.5 Å². The van der Waals surface area contributed by atoms with E-state index in [9.17, 15) is 18.0 Å². The van der Waals surface area contributed by atoms with Crippen molar-refractivity contribution in [1.82, 2.24) is 24.4 Å². The van der Waals surface area contributed by atoms with E-state index >= 15 is 0 Å².